The van der Waals surface area contributed by atoms with Crippen LogP contribution in [0.4, 0.5) is 0 Å². The van der Waals surface area contributed by atoms with Gasteiger partial charge in [-0.3, -0.25) is 4.79 Å². The molecule has 0 aliphatic carbocycles. The predicted octanol–water partition coefficient (Wildman–Crippen LogP) is 3.25. The van der Waals surface area contributed by atoms with Crippen molar-refractivity contribution < 1.29 is 13.2 Å². The maximum Gasteiger partial charge on any atom is 0.284 e. The van der Waals surface area contributed by atoms with E-state index < -0.39 is 15.9 Å². The van der Waals surface area contributed by atoms with Gasteiger partial charge >= 0.3 is 0 Å². The van der Waals surface area contributed by atoms with Crippen LogP contribution >= 0.6 is 0 Å². The molecular weight excluding hydrogens is 348 g/mol. The Morgan fingerprint density at radius 1 is 0.692 bits per heavy atom. The molecule has 0 saturated carbocycles. The molecule has 0 unspecified atom stereocenters. The minimum atomic E-state index is -3.96. The van der Waals surface area contributed by atoms with Gasteiger partial charge in [-0.2, -0.15) is 8.42 Å². The minimum absolute atomic E-state index is 0.0247. The average Bonchev–Trinajstić information content (AvgIpc) is 2.69. The summed E-state index contributed by atoms with van der Waals surface area (Å²) in [6.07, 6.45) is 0. The molecule has 0 heterocycles. The second kappa shape index (κ2) is 7.76. The number of benzene rings is 3. The van der Waals surface area contributed by atoms with E-state index in [2.05, 4.69) is 9.71 Å². The van der Waals surface area contributed by atoms with Gasteiger partial charge in [0.15, 0.2) is 5.84 Å². The van der Waals surface area contributed by atoms with Crippen LogP contribution in [0.25, 0.3) is 0 Å². The van der Waals surface area contributed by atoms with Crippen molar-refractivity contribution in [3.8, 4) is 0 Å². The van der Waals surface area contributed by atoms with Gasteiger partial charge in [-0.15, -0.1) is 4.40 Å². The van der Waals surface area contributed by atoms with Gasteiger partial charge in [0.25, 0.3) is 15.9 Å². The quantitative estimate of drug-likeness (QED) is 0.570. The van der Waals surface area contributed by atoms with Crippen LogP contribution in [0.2, 0.25) is 0 Å². The van der Waals surface area contributed by atoms with E-state index >= 15 is 0 Å². The van der Waals surface area contributed by atoms with Crippen LogP contribution in [0, 0.1) is 0 Å². The first kappa shape index (κ1) is 17.6. The summed E-state index contributed by atoms with van der Waals surface area (Å²) in [4.78, 5) is 12.5. The summed E-state index contributed by atoms with van der Waals surface area (Å²) in [6.45, 7) is 0. The maximum atomic E-state index is 12.6. The number of carbonyl (C=O) groups excluding carboxylic acids is 1. The number of carbonyl (C=O) groups is 1. The Hall–Kier alpha value is -3.25. The molecule has 3 aromatic rings. The van der Waals surface area contributed by atoms with Crippen molar-refractivity contribution in [1.82, 2.24) is 5.32 Å². The van der Waals surface area contributed by atoms with E-state index in [9.17, 15) is 13.2 Å². The average molecular weight is 364 g/mol. The fraction of sp³-hybridized carbons (Fsp3) is 0. The zero-order valence-electron chi connectivity index (χ0n) is 13.7. The maximum absolute atomic E-state index is 12.6. The topological polar surface area (TPSA) is 75.6 Å². The van der Waals surface area contributed by atoms with E-state index in [1.807, 2.05) is 0 Å². The summed E-state index contributed by atoms with van der Waals surface area (Å²) in [5.41, 5.74) is 0.907. The Kier molecular flexibility index (Phi) is 5.24. The van der Waals surface area contributed by atoms with E-state index in [1.54, 1.807) is 78.9 Å². The summed E-state index contributed by atoms with van der Waals surface area (Å²) in [6, 6.07) is 25.1. The molecule has 130 valence electrons. The largest absolute Gasteiger partial charge is 0.305 e. The van der Waals surface area contributed by atoms with E-state index in [4.69, 9.17) is 0 Å². The molecule has 26 heavy (non-hydrogen) atoms. The molecule has 3 rings (SSSR count). The summed E-state index contributed by atoms with van der Waals surface area (Å²) in [7, 11) is -3.96. The summed E-state index contributed by atoms with van der Waals surface area (Å²) < 4.78 is 29.1. The Morgan fingerprint density at radius 2 is 1.15 bits per heavy atom. The molecule has 0 bridgehead atoms. The molecule has 3 aromatic carbocycles. The molecule has 0 aliphatic rings. The van der Waals surface area contributed by atoms with E-state index in [0.717, 1.165) is 0 Å². The van der Waals surface area contributed by atoms with Crippen LogP contribution in [0.3, 0.4) is 0 Å². The second-order valence-electron chi connectivity index (χ2n) is 5.41. The Morgan fingerprint density at radius 3 is 1.69 bits per heavy atom. The van der Waals surface area contributed by atoms with Crippen LogP contribution in [0.1, 0.15) is 15.9 Å². The van der Waals surface area contributed by atoms with Gasteiger partial charge in [0.1, 0.15) is 0 Å². The molecule has 0 atom stereocenters. The number of nitrogens with zero attached hydrogens (tertiary/aromatic N) is 1. The van der Waals surface area contributed by atoms with Gasteiger partial charge in [-0.25, -0.2) is 0 Å². The number of amidine groups is 1. The highest BCUT2D eigenvalue weighted by molar-refractivity contribution is 7.90. The lowest BCUT2D eigenvalue weighted by molar-refractivity contribution is 0.0977. The molecule has 0 spiro atoms. The monoisotopic (exact) mass is 364 g/mol. The molecule has 0 aromatic heterocycles. The van der Waals surface area contributed by atoms with Crippen molar-refractivity contribution in [2.24, 2.45) is 4.40 Å². The first-order valence-corrected chi connectivity index (χ1v) is 9.32. The third kappa shape index (κ3) is 4.23. The zero-order valence-corrected chi connectivity index (χ0v) is 14.6. The van der Waals surface area contributed by atoms with Crippen molar-refractivity contribution in [2.75, 3.05) is 0 Å². The molecule has 0 saturated heterocycles. The highest BCUT2D eigenvalue weighted by Gasteiger charge is 2.17. The van der Waals surface area contributed by atoms with Gasteiger partial charge in [0.05, 0.1) is 4.90 Å². The van der Waals surface area contributed by atoms with Crippen LogP contribution in [-0.4, -0.2) is 20.2 Å². The first-order valence-electron chi connectivity index (χ1n) is 7.88. The Balaban J connectivity index is 2.01. The molecule has 1 N–H and O–H groups in total. The number of hydrogen-bond acceptors (Lipinski definition) is 3. The summed E-state index contributed by atoms with van der Waals surface area (Å²) in [5, 5.41) is 2.61. The van der Waals surface area contributed by atoms with Crippen molar-refractivity contribution in [1.29, 1.82) is 0 Å². The van der Waals surface area contributed by atoms with Gasteiger partial charge in [0, 0.05) is 11.1 Å². The lowest BCUT2D eigenvalue weighted by Gasteiger charge is -2.09. The lowest BCUT2D eigenvalue weighted by atomic mass is 10.2. The zero-order chi connectivity index (χ0) is 18.4. The number of rotatable bonds is 4. The molecule has 6 heteroatoms. The fourth-order valence-corrected chi connectivity index (χ4v) is 3.28. The molecule has 5 nitrogen and oxygen atoms in total. The van der Waals surface area contributed by atoms with Gasteiger partial charge in [0.2, 0.25) is 0 Å². The summed E-state index contributed by atoms with van der Waals surface area (Å²) >= 11 is 0. The van der Waals surface area contributed by atoms with Gasteiger partial charge in [-0.1, -0.05) is 66.7 Å². The Bertz CT molecular complexity index is 1020. The molecular formula is C20H16N2O3S. The highest BCUT2D eigenvalue weighted by atomic mass is 32.2. The predicted molar refractivity (Wildman–Crippen MR) is 101 cm³/mol. The number of sulfonamides is 1. The molecule has 0 radical (unpaired) electrons. The molecule has 1 amide bonds. The second-order valence-corrected chi connectivity index (χ2v) is 7.02. The van der Waals surface area contributed by atoms with E-state index in [-0.39, 0.29) is 10.7 Å². The number of nitrogens with one attached hydrogen (secondary N) is 1. The number of amides is 1. The van der Waals surface area contributed by atoms with Crippen molar-refractivity contribution >= 4 is 21.8 Å². The minimum Gasteiger partial charge on any atom is -0.305 e. The SMILES string of the molecule is O=C(NC(=NS(=O)(=O)c1ccccc1)c1ccccc1)c1ccccc1. The molecule has 0 fully saturated rings. The highest BCUT2D eigenvalue weighted by Crippen LogP contribution is 2.13. The van der Waals surface area contributed by atoms with Crippen molar-refractivity contribution in [2.45, 2.75) is 4.90 Å². The lowest BCUT2D eigenvalue weighted by Crippen LogP contribution is -2.32. The van der Waals surface area contributed by atoms with Crippen molar-refractivity contribution in [3.05, 3.63) is 102 Å². The van der Waals surface area contributed by atoms with Crippen molar-refractivity contribution in [3.63, 3.8) is 0 Å². The van der Waals surface area contributed by atoms with Gasteiger partial charge < -0.3 is 5.32 Å². The van der Waals surface area contributed by atoms with Crippen LogP contribution in [0.5, 0.6) is 0 Å². The fourth-order valence-electron chi connectivity index (χ4n) is 2.28. The third-order valence-electron chi connectivity index (χ3n) is 3.57. The van der Waals surface area contributed by atoms with E-state index in [0.29, 0.717) is 11.1 Å². The van der Waals surface area contributed by atoms with E-state index in [1.165, 1.54) is 12.1 Å². The Labute approximate surface area is 152 Å². The molecule has 0 aliphatic heterocycles. The van der Waals surface area contributed by atoms with Crippen LogP contribution < -0.4 is 5.32 Å². The summed E-state index contributed by atoms with van der Waals surface area (Å²) in [5.74, 6) is -0.459. The van der Waals surface area contributed by atoms with Crippen LogP contribution in [-0.2, 0) is 10.0 Å². The third-order valence-corrected chi connectivity index (χ3v) is 4.86. The first-order chi connectivity index (χ1) is 12.6. The normalized spacial score (nSPS) is 11.8. The standard InChI is InChI=1S/C20H16N2O3S/c23-20(17-12-6-2-7-13-17)21-19(16-10-4-1-5-11-16)22-26(24,25)18-14-8-3-9-15-18/h1-15H,(H,21,22,23). The van der Waals surface area contributed by atoms with Gasteiger partial charge in [-0.05, 0) is 24.3 Å². The number of hydrogen-bond donors (Lipinski definition) is 1. The smallest absolute Gasteiger partial charge is 0.284 e. The van der Waals surface area contributed by atoms with Crippen LogP contribution in [0.15, 0.2) is 100 Å².